The molecule has 0 N–H and O–H groups in total. The fourth-order valence-corrected chi connectivity index (χ4v) is 4.06. The van der Waals surface area contributed by atoms with Gasteiger partial charge in [0, 0.05) is 29.3 Å². The molecule has 0 atom stereocenters. The van der Waals surface area contributed by atoms with Crippen LogP contribution in [0.15, 0.2) is 95.0 Å². The van der Waals surface area contributed by atoms with Gasteiger partial charge in [-0.25, -0.2) is 9.37 Å². The Labute approximate surface area is 188 Å². The molecule has 3 aromatic heterocycles. The molecule has 0 radical (unpaired) electrons. The summed E-state index contributed by atoms with van der Waals surface area (Å²) >= 11 is 1.53. The highest BCUT2D eigenvalue weighted by Gasteiger charge is 2.16. The second-order valence-corrected chi connectivity index (χ2v) is 8.00. The lowest BCUT2D eigenvalue weighted by molar-refractivity contribution is 0.572. The van der Waals surface area contributed by atoms with Gasteiger partial charge in [-0.15, -0.1) is 10.2 Å². The Morgan fingerprint density at radius 2 is 1.75 bits per heavy atom. The van der Waals surface area contributed by atoms with E-state index in [1.165, 1.54) is 23.9 Å². The lowest BCUT2D eigenvalue weighted by atomic mass is 10.2. The summed E-state index contributed by atoms with van der Waals surface area (Å²) in [5.41, 5.74) is 3.56. The van der Waals surface area contributed by atoms with Gasteiger partial charge in [-0.3, -0.25) is 9.55 Å². The van der Waals surface area contributed by atoms with Crippen molar-refractivity contribution in [2.45, 2.75) is 17.5 Å². The van der Waals surface area contributed by atoms with Crippen LogP contribution in [-0.2, 0) is 12.3 Å². The SMILES string of the molecule is Fc1ccc(-c2nc(CSc3nnc(-c4cccnc4)n3Cc3ccccc3)co2)cc1. The van der Waals surface area contributed by atoms with E-state index in [4.69, 9.17) is 4.42 Å². The number of halogens is 1. The van der Waals surface area contributed by atoms with Gasteiger partial charge in [0.15, 0.2) is 11.0 Å². The smallest absolute Gasteiger partial charge is 0.226 e. The van der Waals surface area contributed by atoms with E-state index in [-0.39, 0.29) is 5.82 Å². The van der Waals surface area contributed by atoms with Gasteiger partial charge in [-0.1, -0.05) is 42.1 Å². The lowest BCUT2D eigenvalue weighted by Gasteiger charge is -2.10. The predicted octanol–water partition coefficient (Wildman–Crippen LogP) is 5.47. The van der Waals surface area contributed by atoms with Crippen molar-refractivity contribution in [3.8, 4) is 22.8 Å². The van der Waals surface area contributed by atoms with E-state index in [2.05, 4.69) is 36.9 Å². The van der Waals surface area contributed by atoms with Crippen LogP contribution < -0.4 is 0 Å². The molecule has 0 amide bonds. The molecule has 158 valence electrons. The third-order valence-electron chi connectivity index (χ3n) is 4.81. The van der Waals surface area contributed by atoms with Crippen LogP contribution in [-0.4, -0.2) is 24.7 Å². The van der Waals surface area contributed by atoms with Crippen molar-refractivity contribution in [2.24, 2.45) is 0 Å². The summed E-state index contributed by atoms with van der Waals surface area (Å²) in [6.45, 7) is 0.639. The number of pyridine rings is 1. The van der Waals surface area contributed by atoms with Crippen LogP contribution >= 0.6 is 11.8 Å². The predicted molar refractivity (Wildman–Crippen MR) is 120 cm³/mol. The van der Waals surface area contributed by atoms with Crippen LogP contribution in [0.1, 0.15) is 11.3 Å². The van der Waals surface area contributed by atoms with Gasteiger partial charge in [-0.05, 0) is 42.0 Å². The minimum Gasteiger partial charge on any atom is -0.444 e. The van der Waals surface area contributed by atoms with Crippen molar-refractivity contribution in [3.63, 3.8) is 0 Å². The number of hydrogen-bond donors (Lipinski definition) is 0. The first-order valence-electron chi connectivity index (χ1n) is 9.97. The van der Waals surface area contributed by atoms with E-state index < -0.39 is 0 Å². The standard InChI is InChI=1S/C24H18FN5OS/c25-20-10-8-18(9-11-20)23-27-21(15-31-23)16-32-24-29-28-22(19-7-4-12-26-13-19)30(24)14-17-5-2-1-3-6-17/h1-13,15H,14,16H2. The normalized spacial score (nSPS) is 11.0. The topological polar surface area (TPSA) is 69.6 Å². The molecule has 3 heterocycles. The molecule has 0 bridgehead atoms. The summed E-state index contributed by atoms with van der Waals surface area (Å²) < 4.78 is 20.8. The Morgan fingerprint density at radius 1 is 0.906 bits per heavy atom. The van der Waals surface area contributed by atoms with Crippen molar-refractivity contribution in [2.75, 3.05) is 0 Å². The minimum absolute atomic E-state index is 0.293. The van der Waals surface area contributed by atoms with Gasteiger partial charge in [0.25, 0.3) is 0 Å². The molecule has 2 aromatic carbocycles. The van der Waals surface area contributed by atoms with Crippen molar-refractivity contribution < 1.29 is 8.81 Å². The van der Waals surface area contributed by atoms with Crippen LogP contribution in [0, 0.1) is 5.82 Å². The third-order valence-corrected chi connectivity index (χ3v) is 5.81. The average Bonchev–Trinajstić information content (AvgIpc) is 3.47. The summed E-state index contributed by atoms with van der Waals surface area (Å²) in [7, 11) is 0. The van der Waals surface area contributed by atoms with E-state index in [0.717, 1.165) is 33.4 Å². The third kappa shape index (κ3) is 4.45. The molecule has 5 aromatic rings. The zero-order valence-corrected chi connectivity index (χ0v) is 17.7. The maximum Gasteiger partial charge on any atom is 0.226 e. The fraction of sp³-hybridized carbons (Fsp3) is 0.0833. The van der Waals surface area contributed by atoms with Crippen molar-refractivity contribution in [1.82, 2.24) is 24.7 Å². The van der Waals surface area contributed by atoms with E-state index in [1.807, 2.05) is 30.3 Å². The largest absolute Gasteiger partial charge is 0.444 e. The molecule has 6 nitrogen and oxygen atoms in total. The van der Waals surface area contributed by atoms with Crippen LogP contribution in [0.25, 0.3) is 22.8 Å². The van der Waals surface area contributed by atoms with Crippen molar-refractivity contribution in [1.29, 1.82) is 0 Å². The summed E-state index contributed by atoms with van der Waals surface area (Å²) in [6.07, 6.45) is 5.14. The van der Waals surface area contributed by atoms with Gasteiger partial charge in [0.2, 0.25) is 5.89 Å². The molecule has 0 unspecified atom stereocenters. The second kappa shape index (κ2) is 9.15. The van der Waals surface area contributed by atoms with E-state index in [0.29, 0.717) is 18.2 Å². The molecular formula is C24H18FN5OS. The molecule has 0 saturated heterocycles. The van der Waals surface area contributed by atoms with Gasteiger partial charge in [0.05, 0.1) is 12.2 Å². The number of rotatable bonds is 7. The molecule has 5 rings (SSSR count). The van der Waals surface area contributed by atoms with Crippen LogP contribution in [0.4, 0.5) is 4.39 Å². The molecular weight excluding hydrogens is 425 g/mol. The van der Waals surface area contributed by atoms with Crippen molar-refractivity contribution in [3.05, 3.63) is 102 Å². The fourth-order valence-electron chi connectivity index (χ4n) is 3.25. The number of thioether (sulfide) groups is 1. The molecule has 32 heavy (non-hydrogen) atoms. The number of oxazole rings is 1. The first kappa shape index (κ1) is 20.1. The van der Waals surface area contributed by atoms with Crippen LogP contribution in [0.3, 0.4) is 0 Å². The number of aromatic nitrogens is 5. The van der Waals surface area contributed by atoms with E-state index in [1.54, 1.807) is 30.8 Å². The monoisotopic (exact) mass is 443 g/mol. The first-order chi connectivity index (χ1) is 15.8. The molecule has 0 saturated carbocycles. The van der Waals surface area contributed by atoms with Crippen LogP contribution in [0.5, 0.6) is 0 Å². The van der Waals surface area contributed by atoms with Gasteiger partial charge in [-0.2, -0.15) is 0 Å². The maximum atomic E-state index is 13.2. The first-order valence-corrected chi connectivity index (χ1v) is 11.0. The molecule has 8 heteroatoms. The average molecular weight is 444 g/mol. The molecule has 0 aliphatic rings. The van der Waals surface area contributed by atoms with Crippen LogP contribution in [0.2, 0.25) is 0 Å². The zero-order chi connectivity index (χ0) is 21.8. The summed E-state index contributed by atoms with van der Waals surface area (Å²) in [4.78, 5) is 8.74. The Bertz CT molecular complexity index is 1300. The number of nitrogens with zero attached hydrogens (tertiary/aromatic N) is 5. The van der Waals surface area contributed by atoms with E-state index in [9.17, 15) is 4.39 Å². The van der Waals surface area contributed by atoms with Gasteiger partial charge in [0.1, 0.15) is 12.1 Å². The molecule has 0 spiro atoms. The second-order valence-electron chi connectivity index (χ2n) is 7.06. The minimum atomic E-state index is -0.293. The molecule has 0 fully saturated rings. The quantitative estimate of drug-likeness (QED) is 0.311. The summed E-state index contributed by atoms with van der Waals surface area (Å²) in [5.74, 6) is 1.49. The Balaban J connectivity index is 1.39. The Kier molecular flexibility index (Phi) is 5.76. The summed E-state index contributed by atoms with van der Waals surface area (Å²) in [6, 6.07) is 20.1. The number of hydrogen-bond acceptors (Lipinski definition) is 6. The van der Waals surface area contributed by atoms with Crippen molar-refractivity contribution >= 4 is 11.8 Å². The Hall–Kier alpha value is -3.78. The highest BCUT2D eigenvalue weighted by molar-refractivity contribution is 7.98. The molecule has 0 aliphatic heterocycles. The van der Waals surface area contributed by atoms with Gasteiger partial charge >= 0.3 is 0 Å². The number of benzene rings is 2. The highest BCUT2D eigenvalue weighted by atomic mass is 32.2. The highest BCUT2D eigenvalue weighted by Crippen LogP contribution is 2.28. The van der Waals surface area contributed by atoms with Gasteiger partial charge < -0.3 is 4.42 Å². The lowest BCUT2D eigenvalue weighted by Crippen LogP contribution is -2.04. The zero-order valence-electron chi connectivity index (χ0n) is 16.9. The Morgan fingerprint density at radius 3 is 2.53 bits per heavy atom. The molecule has 0 aliphatic carbocycles. The summed E-state index contributed by atoms with van der Waals surface area (Å²) in [5, 5.41) is 9.63. The maximum absolute atomic E-state index is 13.2. The van der Waals surface area contributed by atoms with E-state index >= 15 is 0 Å².